The Kier molecular flexibility index (Phi) is 6.21. The predicted molar refractivity (Wildman–Crippen MR) is 94.9 cm³/mol. The fourth-order valence-corrected chi connectivity index (χ4v) is 3.39. The molecule has 0 radical (unpaired) electrons. The lowest BCUT2D eigenvalue weighted by Gasteiger charge is -2.22. The number of thiophene rings is 1. The zero-order chi connectivity index (χ0) is 15.2. The van der Waals surface area contributed by atoms with Gasteiger partial charge in [-0.05, 0) is 57.0 Å². The van der Waals surface area contributed by atoms with Gasteiger partial charge in [0, 0.05) is 26.3 Å². The van der Waals surface area contributed by atoms with Gasteiger partial charge in [0.05, 0.1) is 15.7 Å². The SMILES string of the molecule is CC(C)CNCc1ccncc1N(C)Cc1csc(Br)c1. The molecule has 0 aliphatic heterocycles. The van der Waals surface area contributed by atoms with Crippen LogP contribution >= 0.6 is 27.3 Å². The first kappa shape index (κ1) is 16.5. The standard InChI is InChI=1S/C16H22BrN3S/c1-12(2)7-19-8-14-4-5-18-9-15(14)20(3)10-13-6-16(17)21-11-13/h4-6,9,11-12,19H,7-8,10H2,1-3H3. The van der Waals surface area contributed by atoms with E-state index in [1.165, 1.54) is 20.6 Å². The van der Waals surface area contributed by atoms with E-state index in [4.69, 9.17) is 0 Å². The van der Waals surface area contributed by atoms with Crippen LogP contribution < -0.4 is 10.2 Å². The molecular weight excluding hydrogens is 346 g/mol. The second-order valence-electron chi connectivity index (χ2n) is 5.64. The summed E-state index contributed by atoms with van der Waals surface area (Å²) in [5.41, 5.74) is 3.80. The minimum Gasteiger partial charge on any atom is -0.369 e. The van der Waals surface area contributed by atoms with E-state index < -0.39 is 0 Å². The average molecular weight is 368 g/mol. The molecule has 114 valence electrons. The van der Waals surface area contributed by atoms with Gasteiger partial charge in [0.15, 0.2) is 0 Å². The van der Waals surface area contributed by atoms with Crippen molar-refractivity contribution in [3.8, 4) is 0 Å². The number of pyridine rings is 1. The molecule has 0 bridgehead atoms. The van der Waals surface area contributed by atoms with Crippen LogP contribution in [0.3, 0.4) is 0 Å². The molecule has 0 aromatic carbocycles. The Morgan fingerprint density at radius 1 is 1.43 bits per heavy atom. The number of aromatic nitrogens is 1. The van der Waals surface area contributed by atoms with E-state index in [0.717, 1.165) is 19.6 Å². The van der Waals surface area contributed by atoms with Crippen molar-refractivity contribution in [1.82, 2.24) is 10.3 Å². The third-order valence-electron chi connectivity index (χ3n) is 3.21. The third-order valence-corrected chi connectivity index (χ3v) is 4.76. The number of rotatable bonds is 7. The first-order valence-electron chi connectivity index (χ1n) is 7.14. The predicted octanol–water partition coefficient (Wildman–Crippen LogP) is 4.29. The molecule has 2 aromatic rings. The van der Waals surface area contributed by atoms with Crippen molar-refractivity contribution in [3.63, 3.8) is 0 Å². The minimum absolute atomic E-state index is 0.663. The van der Waals surface area contributed by atoms with Crippen molar-refractivity contribution in [2.45, 2.75) is 26.9 Å². The molecule has 0 saturated carbocycles. The van der Waals surface area contributed by atoms with Crippen LogP contribution in [-0.2, 0) is 13.1 Å². The van der Waals surface area contributed by atoms with Crippen LogP contribution in [-0.4, -0.2) is 18.6 Å². The van der Waals surface area contributed by atoms with Gasteiger partial charge in [0.1, 0.15) is 0 Å². The molecular formula is C16H22BrN3S. The molecule has 0 aliphatic carbocycles. The summed E-state index contributed by atoms with van der Waals surface area (Å²) in [4.78, 5) is 6.54. The third kappa shape index (κ3) is 5.09. The van der Waals surface area contributed by atoms with Gasteiger partial charge < -0.3 is 10.2 Å². The van der Waals surface area contributed by atoms with Crippen molar-refractivity contribution in [2.75, 3.05) is 18.5 Å². The fraction of sp³-hybridized carbons (Fsp3) is 0.438. The molecule has 0 atom stereocenters. The number of nitrogens with one attached hydrogen (secondary N) is 1. The highest BCUT2D eigenvalue weighted by Gasteiger charge is 2.09. The van der Waals surface area contributed by atoms with E-state index >= 15 is 0 Å². The molecule has 0 fully saturated rings. The molecule has 21 heavy (non-hydrogen) atoms. The van der Waals surface area contributed by atoms with Crippen LogP contribution in [0.25, 0.3) is 0 Å². The summed E-state index contributed by atoms with van der Waals surface area (Å²) in [7, 11) is 2.12. The monoisotopic (exact) mass is 367 g/mol. The van der Waals surface area contributed by atoms with Crippen molar-refractivity contribution >= 4 is 33.0 Å². The summed E-state index contributed by atoms with van der Waals surface area (Å²) in [6, 6.07) is 4.27. The van der Waals surface area contributed by atoms with E-state index in [1.807, 2.05) is 12.4 Å². The van der Waals surface area contributed by atoms with E-state index in [-0.39, 0.29) is 0 Å². The first-order chi connectivity index (χ1) is 10.1. The number of nitrogens with zero attached hydrogens (tertiary/aromatic N) is 2. The molecule has 0 unspecified atom stereocenters. The fourth-order valence-electron chi connectivity index (χ4n) is 2.19. The van der Waals surface area contributed by atoms with Crippen LogP contribution in [0.15, 0.2) is 33.7 Å². The normalized spacial score (nSPS) is 11.1. The van der Waals surface area contributed by atoms with Gasteiger partial charge in [0.25, 0.3) is 0 Å². The van der Waals surface area contributed by atoms with Crippen molar-refractivity contribution < 1.29 is 0 Å². The molecule has 0 aliphatic rings. The summed E-state index contributed by atoms with van der Waals surface area (Å²) in [5.74, 6) is 0.663. The molecule has 0 spiro atoms. The zero-order valence-corrected chi connectivity index (χ0v) is 15.2. The second kappa shape index (κ2) is 7.92. The Hall–Kier alpha value is -0.910. The highest BCUT2D eigenvalue weighted by Crippen LogP contribution is 2.24. The maximum Gasteiger partial charge on any atom is 0.0701 e. The van der Waals surface area contributed by atoms with E-state index in [1.54, 1.807) is 11.3 Å². The molecule has 2 heterocycles. The lowest BCUT2D eigenvalue weighted by Crippen LogP contribution is -2.23. The van der Waals surface area contributed by atoms with Gasteiger partial charge in [-0.25, -0.2) is 0 Å². The van der Waals surface area contributed by atoms with Gasteiger partial charge in [-0.2, -0.15) is 0 Å². The van der Waals surface area contributed by atoms with Gasteiger partial charge >= 0.3 is 0 Å². The van der Waals surface area contributed by atoms with Gasteiger partial charge in [-0.1, -0.05) is 13.8 Å². The van der Waals surface area contributed by atoms with E-state index in [0.29, 0.717) is 5.92 Å². The van der Waals surface area contributed by atoms with Crippen molar-refractivity contribution in [3.05, 3.63) is 44.8 Å². The lowest BCUT2D eigenvalue weighted by atomic mass is 10.1. The lowest BCUT2D eigenvalue weighted by molar-refractivity contribution is 0.552. The van der Waals surface area contributed by atoms with Crippen LogP contribution in [0, 0.1) is 5.92 Å². The summed E-state index contributed by atoms with van der Waals surface area (Å²) in [6.07, 6.45) is 3.82. The number of anilines is 1. The maximum absolute atomic E-state index is 4.28. The van der Waals surface area contributed by atoms with Crippen LogP contribution in [0.1, 0.15) is 25.0 Å². The molecule has 2 rings (SSSR count). The molecule has 3 nitrogen and oxygen atoms in total. The summed E-state index contributed by atoms with van der Waals surface area (Å²) < 4.78 is 1.18. The Bertz CT molecular complexity index is 568. The van der Waals surface area contributed by atoms with Crippen molar-refractivity contribution in [1.29, 1.82) is 0 Å². The topological polar surface area (TPSA) is 28.2 Å². The van der Waals surface area contributed by atoms with Crippen LogP contribution in [0.2, 0.25) is 0 Å². The van der Waals surface area contributed by atoms with Crippen LogP contribution in [0.4, 0.5) is 5.69 Å². The van der Waals surface area contributed by atoms with E-state index in [9.17, 15) is 0 Å². The van der Waals surface area contributed by atoms with Gasteiger partial charge in [-0.15, -0.1) is 11.3 Å². The van der Waals surface area contributed by atoms with Crippen LogP contribution in [0.5, 0.6) is 0 Å². The molecule has 2 aromatic heterocycles. The summed E-state index contributed by atoms with van der Waals surface area (Å²) >= 11 is 5.24. The van der Waals surface area contributed by atoms with Gasteiger partial charge in [0.2, 0.25) is 0 Å². The first-order valence-corrected chi connectivity index (χ1v) is 8.81. The summed E-state index contributed by atoms with van der Waals surface area (Å²) in [6.45, 7) is 7.25. The Balaban J connectivity index is 2.04. The zero-order valence-electron chi connectivity index (χ0n) is 12.8. The summed E-state index contributed by atoms with van der Waals surface area (Å²) in [5, 5.41) is 5.69. The Labute approximate surface area is 139 Å². The number of hydrogen-bond acceptors (Lipinski definition) is 4. The molecule has 0 amide bonds. The molecule has 0 saturated heterocycles. The average Bonchev–Trinajstić information content (AvgIpc) is 2.84. The number of hydrogen-bond donors (Lipinski definition) is 1. The maximum atomic E-state index is 4.28. The second-order valence-corrected chi connectivity index (χ2v) is 7.93. The number of halogens is 1. The van der Waals surface area contributed by atoms with Crippen molar-refractivity contribution in [2.24, 2.45) is 5.92 Å². The van der Waals surface area contributed by atoms with Gasteiger partial charge in [-0.3, -0.25) is 4.98 Å². The molecule has 5 heteroatoms. The Morgan fingerprint density at radius 3 is 2.90 bits per heavy atom. The minimum atomic E-state index is 0.663. The Morgan fingerprint density at radius 2 is 2.24 bits per heavy atom. The quantitative estimate of drug-likeness (QED) is 0.790. The van der Waals surface area contributed by atoms with E-state index in [2.05, 4.69) is 69.5 Å². The molecule has 1 N–H and O–H groups in total. The largest absolute Gasteiger partial charge is 0.369 e. The smallest absolute Gasteiger partial charge is 0.0701 e. The highest BCUT2D eigenvalue weighted by molar-refractivity contribution is 9.11. The highest BCUT2D eigenvalue weighted by atomic mass is 79.9.